The Balaban J connectivity index is 1.88. The zero-order chi connectivity index (χ0) is 36.3. The molecule has 1 aromatic rings. The van der Waals surface area contributed by atoms with Crippen molar-refractivity contribution in [2.24, 2.45) is 16.7 Å². The average Bonchev–Trinajstić information content (AvgIpc) is 3.04. The lowest BCUT2D eigenvalue weighted by Gasteiger charge is -2.70. The van der Waals surface area contributed by atoms with Crippen LogP contribution >= 0.6 is 0 Å². The van der Waals surface area contributed by atoms with Gasteiger partial charge in [-0.3, -0.25) is 9.59 Å². The summed E-state index contributed by atoms with van der Waals surface area (Å²) in [4.78, 5) is 40.0. The Hall–Kier alpha value is -2.61. The molecular formula is C37H54O11Si. The second-order valence-electron chi connectivity index (χ2n) is 15.3. The van der Waals surface area contributed by atoms with E-state index in [2.05, 4.69) is 20.8 Å². The van der Waals surface area contributed by atoms with E-state index in [1.807, 2.05) is 0 Å². The molecule has 2 saturated carbocycles. The number of benzene rings is 1. The van der Waals surface area contributed by atoms with Crippen molar-refractivity contribution in [1.29, 1.82) is 0 Å². The van der Waals surface area contributed by atoms with Gasteiger partial charge < -0.3 is 38.7 Å². The van der Waals surface area contributed by atoms with E-state index < -0.39 is 90.8 Å². The molecule has 10 atom stereocenters. The van der Waals surface area contributed by atoms with E-state index in [1.165, 1.54) is 13.8 Å². The molecule has 0 aromatic heterocycles. The fraction of sp³-hybridized carbons (Fsp3) is 0.703. The first kappa shape index (κ1) is 37.6. The third-order valence-electron chi connectivity index (χ3n) is 12.7. The van der Waals surface area contributed by atoms with Gasteiger partial charge in [-0.05, 0) is 48.3 Å². The number of rotatable bonds is 9. The van der Waals surface area contributed by atoms with Crippen molar-refractivity contribution in [3.63, 3.8) is 0 Å². The third-order valence-corrected chi connectivity index (χ3v) is 17.4. The Labute approximate surface area is 290 Å². The molecule has 272 valence electrons. The van der Waals surface area contributed by atoms with Crippen LogP contribution in [0.4, 0.5) is 0 Å². The van der Waals surface area contributed by atoms with Crippen molar-refractivity contribution in [1.82, 2.24) is 0 Å². The van der Waals surface area contributed by atoms with Gasteiger partial charge in [0.1, 0.15) is 23.9 Å². The largest absolute Gasteiger partial charge is 0.455 e. The van der Waals surface area contributed by atoms with Crippen LogP contribution in [0.2, 0.25) is 18.1 Å². The Morgan fingerprint density at radius 3 is 2.08 bits per heavy atom. The Morgan fingerprint density at radius 2 is 1.57 bits per heavy atom. The number of ether oxygens (including phenoxy) is 4. The predicted octanol–water partition coefficient (Wildman–Crippen LogP) is 4.47. The SMILES string of the molecule is CC[Si](CC)(CC)O[C@H]1C[C@H]2OC[C@@]2(OC(C)=O)C2[C@H](OC(=O)c3ccccc3)[C@]3(O)CC(O)C(C)=C([C@@H](OC(C)=O)[C@@H](O)[C@@]21C)C3(C)C. The zero-order valence-electron chi connectivity index (χ0n) is 30.3. The molecule has 0 amide bonds. The zero-order valence-corrected chi connectivity index (χ0v) is 31.3. The lowest BCUT2D eigenvalue weighted by Crippen LogP contribution is -2.83. The van der Waals surface area contributed by atoms with E-state index in [1.54, 1.807) is 58.0 Å². The van der Waals surface area contributed by atoms with E-state index in [0.717, 1.165) is 18.1 Å². The van der Waals surface area contributed by atoms with Crippen LogP contribution in [0.15, 0.2) is 41.5 Å². The lowest BCUT2D eigenvalue weighted by molar-refractivity contribution is -0.363. The van der Waals surface area contributed by atoms with Crippen LogP contribution in [0, 0.1) is 16.7 Å². The van der Waals surface area contributed by atoms with Gasteiger partial charge in [0, 0.05) is 37.5 Å². The van der Waals surface area contributed by atoms with E-state index in [9.17, 15) is 29.7 Å². The normalized spacial score (nSPS) is 38.2. The molecule has 1 heterocycles. The van der Waals surface area contributed by atoms with Crippen LogP contribution in [0.25, 0.3) is 0 Å². The minimum absolute atomic E-state index is 0.0900. The van der Waals surface area contributed by atoms with Crippen molar-refractivity contribution in [3.8, 4) is 0 Å². The molecule has 1 aromatic carbocycles. The maximum Gasteiger partial charge on any atom is 0.338 e. The summed E-state index contributed by atoms with van der Waals surface area (Å²) in [6.07, 6.45) is -7.03. The standard InChI is InChI=1S/C37H54O11Si/c1-10-49(11-2,12-3)48-26-18-27-36(20-44-27,47-23(6)39)30-32(46-33(42)24-16-14-13-15-17-24)37(43)19-25(40)21(4)28(34(37,7)8)29(45-22(5)38)31(41)35(26,30)9/h13-17,25-27,29-32,40-41,43H,10-12,18-20H2,1-9H3/t25?,26-,27+,29+,30?,31+,32-,35+,36-,37+/m0/s1. The van der Waals surface area contributed by atoms with Gasteiger partial charge >= 0.3 is 17.9 Å². The number of aliphatic hydroxyl groups excluding tert-OH is 2. The van der Waals surface area contributed by atoms with E-state index in [-0.39, 0.29) is 25.0 Å². The molecule has 3 N–H and O–H groups in total. The molecule has 3 fully saturated rings. The van der Waals surface area contributed by atoms with Crippen molar-refractivity contribution in [3.05, 3.63) is 47.0 Å². The van der Waals surface area contributed by atoms with Crippen molar-refractivity contribution in [2.45, 2.75) is 141 Å². The molecule has 12 heteroatoms. The number of hydrogen-bond donors (Lipinski definition) is 3. The molecule has 11 nitrogen and oxygen atoms in total. The number of hydrogen-bond acceptors (Lipinski definition) is 11. The predicted molar refractivity (Wildman–Crippen MR) is 182 cm³/mol. The van der Waals surface area contributed by atoms with Gasteiger partial charge in [-0.15, -0.1) is 0 Å². The minimum Gasteiger partial charge on any atom is -0.455 e. The first-order valence-electron chi connectivity index (χ1n) is 17.6. The number of aliphatic hydroxyl groups is 3. The summed E-state index contributed by atoms with van der Waals surface area (Å²) in [6, 6.07) is 10.7. The van der Waals surface area contributed by atoms with Crippen LogP contribution in [-0.2, 0) is 33.0 Å². The summed E-state index contributed by atoms with van der Waals surface area (Å²) in [7, 11) is -2.44. The Bertz CT molecular complexity index is 1470. The van der Waals surface area contributed by atoms with Gasteiger partial charge in [0.05, 0.1) is 30.3 Å². The second kappa shape index (κ2) is 13.2. The minimum atomic E-state index is -2.44. The van der Waals surface area contributed by atoms with Gasteiger partial charge in [0.2, 0.25) is 0 Å². The molecular weight excluding hydrogens is 648 g/mol. The number of carbonyl (C=O) groups is 3. The molecule has 3 aliphatic carbocycles. The second-order valence-corrected chi connectivity index (χ2v) is 20.0. The molecule has 4 aliphatic rings. The molecule has 1 saturated heterocycles. The molecule has 5 rings (SSSR count). The van der Waals surface area contributed by atoms with Gasteiger partial charge in [-0.25, -0.2) is 4.79 Å². The summed E-state index contributed by atoms with van der Waals surface area (Å²) in [5.41, 5.74) is -5.29. The maximum atomic E-state index is 14.1. The lowest BCUT2D eigenvalue weighted by atomic mass is 9.44. The van der Waals surface area contributed by atoms with Crippen LogP contribution in [0.5, 0.6) is 0 Å². The molecule has 49 heavy (non-hydrogen) atoms. The summed E-state index contributed by atoms with van der Waals surface area (Å²) in [5, 5.41) is 37.9. The Morgan fingerprint density at radius 1 is 0.959 bits per heavy atom. The highest BCUT2D eigenvalue weighted by atomic mass is 28.4. The van der Waals surface area contributed by atoms with Crippen LogP contribution in [-0.4, -0.2) is 96.0 Å². The summed E-state index contributed by atoms with van der Waals surface area (Å²) in [5.74, 6) is -3.15. The third kappa shape index (κ3) is 5.70. The van der Waals surface area contributed by atoms with Gasteiger partial charge in [-0.1, -0.05) is 59.7 Å². The number of esters is 3. The molecule has 0 radical (unpaired) electrons. The molecule has 1 aliphatic heterocycles. The van der Waals surface area contributed by atoms with E-state index in [4.69, 9.17) is 23.4 Å². The Kier molecular flexibility index (Phi) is 10.1. The first-order chi connectivity index (χ1) is 22.9. The molecule has 2 bridgehead atoms. The molecule has 0 spiro atoms. The fourth-order valence-corrected chi connectivity index (χ4v) is 12.6. The van der Waals surface area contributed by atoms with Gasteiger partial charge in [0.25, 0.3) is 0 Å². The van der Waals surface area contributed by atoms with Crippen molar-refractivity contribution in [2.75, 3.05) is 6.61 Å². The van der Waals surface area contributed by atoms with Crippen LogP contribution in [0.3, 0.4) is 0 Å². The number of fused-ring (bicyclic) bond motifs is 5. The quantitative estimate of drug-likeness (QED) is 0.144. The summed E-state index contributed by atoms with van der Waals surface area (Å²) >= 11 is 0. The van der Waals surface area contributed by atoms with Crippen LogP contribution in [0.1, 0.15) is 85.5 Å². The fourth-order valence-electron chi connectivity index (χ4n) is 9.60. The van der Waals surface area contributed by atoms with Gasteiger partial charge in [0.15, 0.2) is 20.0 Å². The van der Waals surface area contributed by atoms with Crippen molar-refractivity contribution < 1.29 is 53.1 Å². The first-order valence-corrected chi connectivity index (χ1v) is 20.1. The highest BCUT2D eigenvalue weighted by Crippen LogP contribution is 2.66. The smallest absolute Gasteiger partial charge is 0.338 e. The molecule has 2 unspecified atom stereocenters. The monoisotopic (exact) mass is 702 g/mol. The highest BCUT2D eigenvalue weighted by Gasteiger charge is 2.78. The van der Waals surface area contributed by atoms with E-state index in [0.29, 0.717) is 11.1 Å². The van der Waals surface area contributed by atoms with Crippen molar-refractivity contribution >= 4 is 26.2 Å². The maximum absolute atomic E-state index is 14.1. The summed E-state index contributed by atoms with van der Waals surface area (Å²) < 4.78 is 32.2. The highest BCUT2D eigenvalue weighted by molar-refractivity contribution is 6.73. The van der Waals surface area contributed by atoms with Gasteiger partial charge in [-0.2, -0.15) is 0 Å². The van der Waals surface area contributed by atoms with E-state index >= 15 is 0 Å². The summed E-state index contributed by atoms with van der Waals surface area (Å²) in [6.45, 7) is 15.7. The topological polar surface area (TPSA) is 158 Å². The number of carbonyl (C=O) groups excluding carboxylic acids is 3. The van der Waals surface area contributed by atoms with Crippen LogP contribution < -0.4 is 0 Å². The average molecular weight is 703 g/mol.